The van der Waals surface area contributed by atoms with E-state index in [0.29, 0.717) is 6.54 Å². The monoisotopic (exact) mass is 232 g/mol. The maximum absolute atomic E-state index is 12.0. The summed E-state index contributed by atoms with van der Waals surface area (Å²) in [6.45, 7) is 8.82. The molecule has 2 rings (SSSR count). The van der Waals surface area contributed by atoms with Crippen LogP contribution in [0.4, 0.5) is 0 Å². The topological polar surface area (TPSA) is 41.1 Å². The molecule has 3 nitrogen and oxygen atoms in total. The fourth-order valence-corrected chi connectivity index (χ4v) is 1.88. The molecule has 1 aliphatic heterocycles. The molecule has 2 N–H and O–H groups in total. The Hall–Kier alpha value is -1.35. The summed E-state index contributed by atoms with van der Waals surface area (Å²) in [5.74, 6) is 0.0228. The lowest BCUT2D eigenvalue weighted by atomic mass is 9.97. The van der Waals surface area contributed by atoms with E-state index in [-0.39, 0.29) is 11.3 Å². The fraction of sp³-hybridized carbons (Fsp3) is 0.500. The van der Waals surface area contributed by atoms with E-state index in [2.05, 4.69) is 31.4 Å². The molecule has 0 bridgehead atoms. The van der Waals surface area contributed by atoms with Gasteiger partial charge in [0.1, 0.15) is 0 Å². The summed E-state index contributed by atoms with van der Waals surface area (Å²) in [5.41, 5.74) is 3.43. The van der Waals surface area contributed by atoms with Crippen molar-refractivity contribution in [3.63, 3.8) is 0 Å². The molecule has 0 radical (unpaired) electrons. The van der Waals surface area contributed by atoms with Crippen LogP contribution in [0.1, 0.15) is 42.3 Å². The molecule has 0 spiro atoms. The Morgan fingerprint density at radius 2 is 2.00 bits per heavy atom. The Labute approximate surface area is 103 Å². The molecule has 0 atom stereocenters. The van der Waals surface area contributed by atoms with Gasteiger partial charge in [-0.3, -0.25) is 4.79 Å². The van der Waals surface area contributed by atoms with Gasteiger partial charge >= 0.3 is 0 Å². The minimum absolute atomic E-state index is 0.0228. The van der Waals surface area contributed by atoms with Crippen molar-refractivity contribution in [2.75, 3.05) is 6.54 Å². The molecular formula is C14H20N2O. The lowest BCUT2D eigenvalue weighted by Gasteiger charge is -2.18. The van der Waals surface area contributed by atoms with Gasteiger partial charge in [-0.2, -0.15) is 0 Å². The van der Waals surface area contributed by atoms with Crippen LogP contribution in [-0.2, 0) is 13.1 Å². The predicted octanol–water partition coefficient (Wildman–Crippen LogP) is 2.07. The molecule has 0 saturated carbocycles. The molecule has 1 heterocycles. The summed E-state index contributed by atoms with van der Waals surface area (Å²) in [5, 5.41) is 6.25. The van der Waals surface area contributed by atoms with Crippen molar-refractivity contribution in [1.82, 2.24) is 10.6 Å². The van der Waals surface area contributed by atoms with Gasteiger partial charge in [-0.25, -0.2) is 0 Å². The third-order valence-electron chi connectivity index (χ3n) is 2.88. The smallest absolute Gasteiger partial charge is 0.251 e. The summed E-state index contributed by atoms with van der Waals surface area (Å²) < 4.78 is 0. The predicted molar refractivity (Wildman–Crippen MR) is 68.8 cm³/mol. The molecule has 0 unspecified atom stereocenters. The molecule has 17 heavy (non-hydrogen) atoms. The van der Waals surface area contributed by atoms with Gasteiger partial charge in [-0.15, -0.1) is 0 Å². The first-order chi connectivity index (χ1) is 7.96. The van der Waals surface area contributed by atoms with Gasteiger partial charge in [0.05, 0.1) is 0 Å². The second-order valence-corrected chi connectivity index (χ2v) is 5.83. The van der Waals surface area contributed by atoms with E-state index in [4.69, 9.17) is 0 Å². The molecule has 1 aliphatic rings. The Balaban J connectivity index is 2.05. The van der Waals surface area contributed by atoms with Gasteiger partial charge in [0, 0.05) is 25.2 Å². The van der Waals surface area contributed by atoms with E-state index in [1.165, 1.54) is 11.1 Å². The van der Waals surface area contributed by atoms with Crippen LogP contribution in [0.25, 0.3) is 0 Å². The number of nitrogens with one attached hydrogen (secondary N) is 2. The van der Waals surface area contributed by atoms with Gasteiger partial charge in [-0.1, -0.05) is 26.8 Å². The van der Waals surface area contributed by atoms with Gasteiger partial charge in [0.25, 0.3) is 5.91 Å². The van der Waals surface area contributed by atoms with E-state index in [0.717, 1.165) is 18.7 Å². The highest BCUT2D eigenvalue weighted by Gasteiger charge is 2.15. The van der Waals surface area contributed by atoms with Crippen LogP contribution >= 0.6 is 0 Å². The molecule has 0 aromatic heterocycles. The molecule has 0 saturated heterocycles. The molecule has 1 amide bonds. The number of hydrogen-bond acceptors (Lipinski definition) is 2. The maximum atomic E-state index is 12.0. The summed E-state index contributed by atoms with van der Waals surface area (Å²) >= 11 is 0. The third kappa shape index (κ3) is 3.07. The van der Waals surface area contributed by atoms with Gasteiger partial charge in [0.2, 0.25) is 0 Å². The second-order valence-electron chi connectivity index (χ2n) is 5.83. The highest BCUT2D eigenvalue weighted by atomic mass is 16.1. The summed E-state index contributed by atoms with van der Waals surface area (Å²) in [6.07, 6.45) is 0. The maximum Gasteiger partial charge on any atom is 0.251 e. The van der Waals surface area contributed by atoms with Gasteiger partial charge in [0.15, 0.2) is 0 Å². The van der Waals surface area contributed by atoms with Crippen LogP contribution in [0.5, 0.6) is 0 Å². The van der Waals surface area contributed by atoms with Crippen LogP contribution in [-0.4, -0.2) is 12.5 Å². The largest absolute Gasteiger partial charge is 0.352 e. The van der Waals surface area contributed by atoms with Crippen molar-refractivity contribution in [3.05, 3.63) is 34.9 Å². The number of carbonyl (C=O) groups excluding carboxylic acids is 1. The van der Waals surface area contributed by atoms with Crippen molar-refractivity contribution < 1.29 is 4.79 Å². The molecule has 1 aromatic rings. The summed E-state index contributed by atoms with van der Waals surface area (Å²) in [6, 6.07) is 5.94. The molecule has 0 fully saturated rings. The van der Waals surface area contributed by atoms with Crippen LogP contribution in [0.2, 0.25) is 0 Å². The second kappa shape index (κ2) is 4.49. The SMILES string of the molecule is CC(C)(C)CNC(=O)c1ccc2c(c1)CNC2. The Bertz CT molecular complexity index is 432. The zero-order valence-corrected chi connectivity index (χ0v) is 10.8. The highest BCUT2D eigenvalue weighted by Crippen LogP contribution is 2.17. The fourth-order valence-electron chi connectivity index (χ4n) is 1.88. The summed E-state index contributed by atoms with van der Waals surface area (Å²) in [4.78, 5) is 12.0. The number of hydrogen-bond donors (Lipinski definition) is 2. The van der Waals surface area contributed by atoms with Crippen LogP contribution < -0.4 is 10.6 Å². The number of fused-ring (bicyclic) bond motifs is 1. The zero-order chi connectivity index (χ0) is 12.5. The Morgan fingerprint density at radius 3 is 2.71 bits per heavy atom. The molecule has 3 heteroatoms. The van der Waals surface area contributed by atoms with Crippen molar-refractivity contribution in [2.45, 2.75) is 33.9 Å². The number of amides is 1. The van der Waals surface area contributed by atoms with Crippen LogP contribution in [0, 0.1) is 5.41 Å². The molecule has 92 valence electrons. The lowest BCUT2D eigenvalue weighted by Crippen LogP contribution is -2.32. The standard InChI is InChI=1S/C14H20N2O/c1-14(2,3)9-16-13(17)10-4-5-11-7-15-8-12(11)6-10/h4-6,15H,7-9H2,1-3H3,(H,16,17). The van der Waals surface area contributed by atoms with Crippen molar-refractivity contribution in [2.24, 2.45) is 5.41 Å². The molecule has 1 aromatic carbocycles. The van der Waals surface area contributed by atoms with Crippen LogP contribution in [0.15, 0.2) is 18.2 Å². The third-order valence-corrected chi connectivity index (χ3v) is 2.88. The average molecular weight is 232 g/mol. The minimum atomic E-state index is 0.0228. The molecule has 0 aliphatic carbocycles. The first kappa shape index (κ1) is 12.1. The van der Waals surface area contributed by atoms with E-state index >= 15 is 0 Å². The number of rotatable bonds is 2. The van der Waals surface area contributed by atoms with E-state index in [1.54, 1.807) is 0 Å². The van der Waals surface area contributed by atoms with E-state index in [9.17, 15) is 4.79 Å². The van der Waals surface area contributed by atoms with Crippen molar-refractivity contribution in [1.29, 1.82) is 0 Å². The first-order valence-corrected chi connectivity index (χ1v) is 6.06. The quantitative estimate of drug-likeness (QED) is 0.819. The number of carbonyl (C=O) groups is 1. The number of benzene rings is 1. The molecular weight excluding hydrogens is 212 g/mol. The van der Waals surface area contributed by atoms with E-state index < -0.39 is 0 Å². The first-order valence-electron chi connectivity index (χ1n) is 6.06. The van der Waals surface area contributed by atoms with Gasteiger partial charge < -0.3 is 10.6 Å². The zero-order valence-electron chi connectivity index (χ0n) is 10.8. The lowest BCUT2D eigenvalue weighted by molar-refractivity contribution is 0.0939. The van der Waals surface area contributed by atoms with Crippen molar-refractivity contribution in [3.8, 4) is 0 Å². The normalized spacial score (nSPS) is 14.5. The summed E-state index contributed by atoms with van der Waals surface area (Å²) in [7, 11) is 0. The van der Waals surface area contributed by atoms with Gasteiger partial charge in [-0.05, 0) is 28.7 Å². The average Bonchev–Trinajstić information content (AvgIpc) is 2.71. The Morgan fingerprint density at radius 1 is 1.29 bits per heavy atom. The highest BCUT2D eigenvalue weighted by molar-refractivity contribution is 5.94. The minimum Gasteiger partial charge on any atom is -0.352 e. The Kier molecular flexibility index (Phi) is 3.20. The van der Waals surface area contributed by atoms with E-state index in [1.807, 2.05) is 18.2 Å². The van der Waals surface area contributed by atoms with Crippen molar-refractivity contribution >= 4 is 5.91 Å². The van der Waals surface area contributed by atoms with Crippen LogP contribution in [0.3, 0.4) is 0 Å².